The van der Waals surface area contributed by atoms with Crippen LogP contribution < -0.4 is 5.32 Å². The lowest BCUT2D eigenvalue weighted by atomic mass is 10.0. The highest BCUT2D eigenvalue weighted by atomic mass is 19.1. The van der Waals surface area contributed by atoms with Crippen molar-refractivity contribution in [3.63, 3.8) is 0 Å². The fourth-order valence-corrected chi connectivity index (χ4v) is 2.33. The van der Waals surface area contributed by atoms with E-state index in [9.17, 15) is 9.18 Å². The third-order valence-electron chi connectivity index (χ3n) is 3.62. The van der Waals surface area contributed by atoms with Crippen molar-refractivity contribution < 1.29 is 9.18 Å². The second-order valence-electron chi connectivity index (χ2n) is 5.25. The Morgan fingerprint density at radius 1 is 0.783 bits per heavy atom. The van der Waals surface area contributed by atoms with E-state index in [-0.39, 0.29) is 11.7 Å². The average Bonchev–Trinajstić information content (AvgIpc) is 2.62. The monoisotopic (exact) mass is 305 g/mol. The van der Waals surface area contributed by atoms with E-state index in [4.69, 9.17) is 0 Å². The first-order valence-corrected chi connectivity index (χ1v) is 7.40. The molecule has 0 aliphatic heterocycles. The molecule has 3 aromatic rings. The van der Waals surface area contributed by atoms with Crippen molar-refractivity contribution in [1.82, 2.24) is 5.32 Å². The summed E-state index contributed by atoms with van der Waals surface area (Å²) in [7, 11) is 0. The van der Waals surface area contributed by atoms with Gasteiger partial charge in [0.05, 0.1) is 0 Å². The summed E-state index contributed by atoms with van der Waals surface area (Å²) in [6, 6.07) is 23.6. The summed E-state index contributed by atoms with van der Waals surface area (Å²) in [5.41, 5.74) is 3.65. The highest BCUT2D eigenvalue weighted by Gasteiger charge is 2.06. The molecule has 0 spiro atoms. The van der Waals surface area contributed by atoms with Crippen LogP contribution in [0.3, 0.4) is 0 Å². The van der Waals surface area contributed by atoms with E-state index < -0.39 is 0 Å². The first-order valence-electron chi connectivity index (χ1n) is 7.40. The minimum Gasteiger partial charge on any atom is -0.348 e. The molecule has 0 saturated carbocycles. The van der Waals surface area contributed by atoms with Crippen molar-refractivity contribution in [2.75, 3.05) is 0 Å². The van der Waals surface area contributed by atoms with Crippen molar-refractivity contribution in [3.05, 3.63) is 95.8 Å². The molecule has 3 rings (SSSR count). The van der Waals surface area contributed by atoms with Crippen molar-refractivity contribution in [3.8, 4) is 11.1 Å². The number of nitrogens with one attached hydrogen (secondary N) is 1. The van der Waals surface area contributed by atoms with Crippen LogP contribution in [0.25, 0.3) is 11.1 Å². The van der Waals surface area contributed by atoms with Gasteiger partial charge in [-0.2, -0.15) is 0 Å². The lowest BCUT2D eigenvalue weighted by molar-refractivity contribution is 0.0951. The zero-order chi connectivity index (χ0) is 16.1. The van der Waals surface area contributed by atoms with Gasteiger partial charge in [0, 0.05) is 12.1 Å². The molecule has 0 bridgehead atoms. The predicted octanol–water partition coefficient (Wildman–Crippen LogP) is 4.42. The van der Waals surface area contributed by atoms with Crippen LogP contribution in [0.15, 0.2) is 78.9 Å². The van der Waals surface area contributed by atoms with E-state index in [1.54, 1.807) is 12.1 Å². The summed E-state index contributed by atoms with van der Waals surface area (Å²) in [6.45, 7) is 0.375. The van der Waals surface area contributed by atoms with Gasteiger partial charge in [0.1, 0.15) is 5.82 Å². The standard InChI is InChI=1S/C20H16FNO/c21-19-12-6-15(7-13-19)14-22-20(23)18-10-8-17(9-11-18)16-4-2-1-3-5-16/h1-13H,14H2,(H,22,23). The molecule has 0 fully saturated rings. The summed E-state index contributed by atoms with van der Waals surface area (Å²) in [5.74, 6) is -0.425. The summed E-state index contributed by atoms with van der Waals surface area (Å²) < 4.78 is 12.8. The van der Waals surface area contributed by atoms with Crippen LogP contribution in [0.2, 0.25) is 0 Å². The van der Waals surface area contributed by atoms with E-state index in [2.05, 4.69) is 5.32 Å². The Morgan fingerprint density at radius 2 is 1.39 bits per heavy atom. The molecule has 0 unspecified atom stereocenters. The summed E-state index contributed by atoms with van der Waals surface area (Å²) in [4.78, 5) is 12.1. The van der Waals surface area contributed by atoms with Crippen molar-refractivity contribution in [1.29, 1.82) is 0 Å². The number of rotatable bonds is 4. The third kappa shape index (κ3) is 3.83. The van der Waals surface area contributed by atoms with E-state index in [1.807, 2.05) is 54.6 Å². The molecular formula is C20H16FNO. The lowest BCUT2D eigenvalue weighted by Gasteiger charge is -2.07. The van der Waals surface area contributed by atoms with Crippen LogP contribution >= 0.6 is 0 Å². The zero-order valence-corrected chi connectivity index (χ0v) is 12.5. The normalized spacial score (nSPS) is 10.3. The van der Waals surface area contributed by atoms with E-state index in [0.29, 0.717) is 12.1 Å². The molecule has 23 heavy (non-hydrogen) atoms. The summed E-state index contributed by atoms with van der Waals surface area (Å²) >= 11 is 0. The fourth-order valence-electron chi connectivity index (χ4n) is 2.33. The molecule has 3 heteroatoms. The van der Waals surface area contributed by atoms with Gasteiger partial charge in [-0.05, 0) is 41.0 Å². The molecule has 0 aliphatic rings. The fraction of sp³-hybridized carbons (Fsp3) is 0.0500. The minimum absolute atomic E-state index is 0.145. The Morgan fingerprint density at radius 3 is 2.04 bits per heavy atom. The Hall–Kier alpha value is -2.94. The molecule has 0 radical (unpaired) electrons. The summed E-state index contributed by atoms with van der Waals surface area (Å²) in [6.07, 6.45) is 0. The van der Waals surface area contributed by atoms with Crippen LogP contribution in [0.1, 0.15) is 15.9 Å². The minimum atomic E-state index is -0.281. The molecular weight excluding hydrogens is 289 g/mol. The van der Waals surface area contributed by atoms with Gasteiger partial charge in [0.2, 0.25) is 0 Å². The molecule has 0 aliphatic carbocycles. The Bertz CT molecular complexity index is 780. The number of benzene rings is 3. The van der Waals surface area contributed by atoms with Gasteiger partial charge in [-0.25, -0.2) is 4.39 Å². The smallest absolute Gasteiger partial charge is 0.251 e. The largest absolute Gasteiger partial charge is 0.348 e. The molecule has 0 heterocycles. The Kier molecular flexibility index (Phi) is 4.48. The Balaban J connectivity index is 1.65. The van der Waals surface area contributed by atoms with Gasteiger partial charge in [-0.3, -0.25) is 4.79 Å². The molecule has 0 aromatic heterocycles. The van der Waals surface area contributed by atoms with Gasteiger partial charge < -0.3 is 5.32 Å². The van der Waals surface area contributed by atoms with Crippen molar-refractivity contribution in [2.24, 2.45) is 0 Å². The van der Waals surface area contributed by atoms with Gasteiger partial charge in [0.25, 0.3) is 5.91 Å². The average molecular weight is 305 g/mol. The molecule has 0 saturated heterocycles. The molecule has 0 atom stereocenters. The quantitative estimate of drug-likeness (QED) is 0.759. The number of amides is 1. The van der Waals surface area contributed by atoms with Crippen LogP contribution in [-0.2, 0) is 6.54 Å². The second-order valence-corrected chi connectivity index (χ2v) is 5.25. The zero-order valence-electron chi connectivity index (χ0n) is 12.5. The number of hydrogen-bond acceptors (Lipinski definition) is 1. The van der Waals surface area contributed by atoms with Gasteiger partial charge in [0.15, 0.2) is 0 Å². The first-order chi connectivity index (χ1) is 11.2. The number of carbonyl (C=O) groups is 1. The third-order valence-corrected chi connectivity index (χ3v) is 3.62. The SMILES string of the molecule is O=C(NCc1ccc(F)cc1)c1ccc(-c2ccccc2)cc1. The van der Waals surface area contributed by atoms with E-state index >= 15 is 0 Å². The molecule has 114 valence electrons. The summed E-state index contributed by atoms with van der Waals surface area (Å²) in [5, 5.41) is 2.83. The van der Waals surface area contributed by atoms with Crippen LogP contribution in [0.5, 0.6) is 0 Å². The molecule has 1 amide bonds. The van der Waals surface area contributed by atoms with Gasteiger partial charge in [-0.15, -0.1) is 0 Å². The van der Waals surface area contributed by atoms with Crippen molar-refractivity contribution in [2.45, 2.75) is 6.54 Å². The predicted molar refractivity (Wildman–Crippen MR) is 89.4 cm³/mol. The number of carbonyl (C=O) groups excluding carboxylic acids is 1. The van der Waals surface area contributed by atoms with E-state index in [1.165, 1.54) is 12.1 Å². The maximum absolute atomic E-state index is 12.8. The second kappa shape index (κ2) is 6.88. The van der Waals surface area contributed by atoms with Crippen molar-refractivity contribution >= 4 is 5.91 Å². The topological polar surface area (TPSA) is 29.1 Å². The highest BCUT2D eigenvalue weighted by molar-refractivity contribution is 5.94. The maximum Gasteiger partial charge on any atom is 0.251 e. The molecule has 3 aromatic carbocycles. The Labute approximate surface area is 134 Å². The highest BCUT2D eigenvalue weighted by Crippen LogP contribution is 2.19. The van der Waals surface area contributed by atoms with Crippen LogP contribution in [-0.4, -0.2) is 5.91 Å². The lowest BCUT2D eigenvalue weighted by Crippen LogP contribution is -2.22. The number of hydrogen-bond donors (Lipinski definition) is 1. The molecule has 2 nitrogen and oxygen atoms in total. The first kappa shape index (κ1) is 15.0. The van der Waals surface area contributed by atoms with Crippen LogP contribution in [0.4, 0.5) is 4.39 Å². The maximum atomic E-state index is 12.8. The van der Waals surface area contributed by atoms with Crippen LogP contribution in [0, 0.1) is 5.82 Å². The van der Waals surface area contributed by atoms with E-state index in [0.717, 1.165) is 16.7 Å². The number of halogens is 1. The molecule has 1 N–H and O–H groups in total. The van der Waals surface area contributed by atoms with Gasteiger partial charge in [-0.1, -0.05) is 54.6 Å². The van der Waals surface area contributed by atoms with Gasteiger partial charge >= 0.3 is 0 Å².